The summed E-state index contributed by atoms with van der Waals surface area (Å²) in [5.41, 5.74) is 0.953. The number of benzene rings is 1. The number of aliphatic hydroxyl groups excluding tert-OH is 1. The lowest BCUT2D eigenvalue weighted by molar-refractivity contribution is -0.0615. The van der Waals surface area contributed by atoms with Gasteiger partial charge in [0.25, 0.3) is 0 Å². The van der Waals surface area contributed by atoms with E-state index in [9.17, 15) is 0 Å². The molecule has 0 spiro atoms. The van der Waals surface area contributed by atoms with Gasteiger partial charge in [0.1, 0.15) is 0 Å². The van der Waals surface area contributed by atoms with Crippen molar-refractivity contribution in [3.05, 3.63) is 23.8 Å². The molecule has 19 heavy (non-hydrogen) atoms. The standard InChI is InChI=1S/C14H18O5/c15-6-2-1-3-11-8-16-14(19-11)10-4-5-12-13(7-10)18-9-17-12/h4-5,7,11,14-15H,1-3,6,8-9H2/t11-,14-/m1/s1. The van der Waals surface area contributed by atoms with Crippen molar-refractivity contribution in [2.45, 2.75) is 31.7 Å². The zero-order valence-electron chi connectivity index (χ0n) is 10.7. The van der Waals surface area contributed by atoms with E-state index < -0.39 is 0 Å². The van der Waals surface area contributed by atoms with E-state index in [4.69, 9.17) is 24.1 Å². The number of unbranched alkanes of at least 4 members (excludes halogenated alkanes) is 1. The first kappa shape index (κ1) is 12.7. The maximum absolute atomic E-state index is 8.76. The zero-order valence-corrected chi connectivity index (χ0v) is 10.7. The van der Waals surface area contributed by atoms with Crippen LogP contribution in [0.25, 0.3) is 0 Å². The van der Waals surface area contributed by atoms with Gasteiger partial charge in [-0.2, -0.15) is 0 Å². The molecule has 0 saturated carbocycles. The Morgan fingerprint density at radius 1 is 1.16 bits per heavy atom. The predicted octanol–water partition coefficient (Wildman–Crippen LogP) is 1.99. The molecule has 2 heterocycles. The van der Waals surface area contributed by atoms with Crippen LogP contribution in [-0.4, -0.2) is 31.2 Å². The fraction of sp³-hybridized carbons (Fsp3) is 0.571. The van der Waals surface area contributed by atoms with Gasteiger partial charge in [-0.15, -0.1) is 0 Å². The molecule has 1 fully saturated rings. The first-order valence-electron chi connectivity index (χ1n) is 6.64. The highest BCUT2D eigenvalue weighted by Gasteiger charge is 2.28. The van der Waals surface area contributed by atoms with Crippen LogP contribution in [0.3, 0.4) is 0 Å². The van der Waals surface area contributed by atoms with Crippen molar-refractivity contribution < 1.29 is 24.1 Å². The number of fused-ring (bicyclic) bond motifs is 1. The first-order valence-corrected chi connectivity index (χ1v) is 6.64. The minimum Gasteiger partial charge on any atom is -0.454 e. The topological polar surface area (TPSA) is 57.2 Å². The number of hydrogen-bond donors (Lipinski definition) is 1. The Morgan fingerprint density at radius 3 is 2.95 bits per heavy atom. The third kappa shape index (κ3) is 2.83. The lowest BCUT2D eigenvalue weighted by Gasteiger charge is -2.12. The Morgan fingerprint density at radius 2 is 2.05 bits per heavy atom. The molecule has 0 aliphatic carbocycles. The fourth-order valence-corrected chi connectivity index (χ4v) is 2.32. The Balaban J connectivity index is 1.58. The SMILES string of the molecule is OCCCC[C@@H]1CO[C@@H](c2ccc3c(c2)OCO3)O1. The third-order valence-corrected chi connectivity index (χ3v) is 3.35. The third-order valence-electron chi connectivity index (χ3n) is 3.35. The summed E-state index contributed by atoms with van der Waals surface area (Å²) < 4.78 is 22.1. The lowest BCUT2D eigenvalue weighted by Crippen LogP contribution is -2.09. The molecule has 1 N–H and O–H groups in total. The first-order chi connectivity index (χ1) is 9.36. The molecule has 0 bridgehead atoms. The maximum Gasteiger partial charge on any atom is 0.231 e. The highest BCUT2D eigenvalue weighted by Crippen LogP contribution is 2.37. The summed E-state index contributed by atoms with van der Waals surface area (Å²) in [5, 5.41) is 8.76. The van der Waals surface area contributed by atoms with E-state index >= 15 is 0 Å². The molecule has 5 heteroatoms. The molecule has 1 aromatic carbocycles. The largest absolute Gasteiger partial charge is 0.454 e. The molecule has 0 aromatic heterocycles. The average molecular weight is 266 g/mol. The average Bonchev–Trinajstić information content (AvgIpc) is 3.06. The summed E-state index contributed by atoms with van der Waals surface area (Å²) in [4.78, 5) is 0. The van der Waals surface area contributed by atoms with Crippen molar-refractivity contribution in [3.63, 3.8) is 0 Å². The second-order valence-corrected chi connectivity index (χ2v) is 4.76. The highest BCUT2D eigenvalue weighted by molar-refractivity contribution is 5.44. The van der Waals surface area contributed by atoms with E-state index in [0.717, 1.165) is 36.3 Å². The molecule has 1 aromatic rings. The van der Waals surface area contributed by atoms with Crippen molar-refractivity contribution in [2.24, 2.45) is 0 Å². The molecule has 0 amide bonds. The van der Waals surface area contributed by atoms with Crippen LogP contribution in [0, 0.1) is 0 Å². The van der Waals surface area contributed by atoms with Crippen LogP contribution in [0.1, 0.15) is 31.1 Å². The molecule has 104 valence electrons. The smallest absolute Gasteiger partial charge is 0.231 e. The van der Waals surface area contributed by atoms with E-state index in [0.29, 0.717) is 6.61 Å². The van der Waals surface area contributed by atoms with Gasteiger partial charge in [-0.1, -0.05) is 0 Å². The Bertz CT molecular complexity index is 434. The van der Waals surface area contributed by atoms with Gasteiger partial charge in [-0.25, -0.2) is 0 Å². The van der Waals surface area contributed by atoms with E-state index in [-0.39, 0.29) is 25.8 Å². The highest BCUT2D eigenvalue weighted by atomic mass is 16.7. The van der Waals surface area contributed by atoms with Crippen LogP contribution < -0.4 is 9.47 Å². The van der Waals surface area contributed by atoms with Gasteiger partial charge in [-0.05, 0) is 37.5 Å². The van der Waals surface area contributed by atoms with Gasteiger partial charge in [0.2, 0.25) is 6.79 Å². The molecule has 2 aliphatic heterocycles. The predicted molar refractivity (Wildman–Crippen MR) is 67.1 cm³/mol. The van der Waals surface area contributed by atoms with Gasteiger partial charge < -0.3 is 24.1 Å². The minimum atomic E-state index is -0.325. The van der Waals surface area contributed by atoms with Gasteiger partial charge in [-0.3, -0.25) is 0 Å². The summed E-state index contributed by atoms with van der Waals surface area (Å²) in [7, 11) is 0. The van der Waals surface area contributed by atoms with Gasteiger partial charge >= 0.3 is 0 Å². The second kappa shape index (κ2) is 5.77. The van der Waals surface area contributed by atoms with E-state index in [1.54, 1.807) is 0 Å². The number of rotatable bonds is 5. The van der Waals surface area contributed by atoms with Crippen LogP contribution in [0.4, 0.5) is 0 Å². The molecule has 0 radical (unpaired) electrons. The van der Waals surface area contributed by atoms with Crippen LogP contribution >= 0.6 is 0 Å². The fourth-order valence-electron chi connectivity index (χ4n) is 2.32. The minimum absolute atomic E-state index is 0.113. The quantitative estimate of drug-likeness (QED) is 0.826. The lowest BCUT2D eigenvalue weighted by atomic mass is 10.1. The monoisotopic (exact) mass is 266 g/mol. The molecule has 2 aliphatic rings. The Labute approximate surface area is 112 Å². The van der Waals surface area contributed by atoms with Gasteiger partial charge in [0.05, 0.1) is 12.7 Å². The van der Waals surface area contributed by atoms with Gasteiger partial charge in [0, 0.05) is 12.2 Å². The summed E-state index contributed by atoms with van der Waals surface area (Å²) in [5.74, 6) is 1.51. The molecule has 5 nitrogen and oxygen atoms in total. The maximum atomic E-state index is 8.76. The summed E-state index contributed by atoms with van der Waals surface area (Å²) >= 11 is 0. The van der Waals surface area contributed by atoms with Crippen molar-refractivity contribution in [3.8, 4) is 11.5 Å². The number of ether oxygens (including phenoxy) is 4. The van der Waals surface area contributed by atoms with E-state index in [2.05, 4.69) is 0 Å². The van der Waals surface area contributed by atoms with E-state index in [1.807, 2.05) is 18.2 Å². The van der Waals surface area contributed by atoms with Crippen molar-refractivity contribution in [1.29, 1.82) is 0 Å². The molecule has 2 atom stereocenters. The molecule has 1 saturated heterocycles. The number of aliphatic hydroxyl groups is 1. The van der Waals surface area contributed by atoms with Crippen LogP contribution in [0.2, 0.25) is 0 Å². The summed E-state index contributed by atoms with van der Waals surface area (Å²) in [6, 6.07) is 5.72. The Kier molecular flexibility index (Phi) is 3.87. The molecular formula is C14H18O5. The summed E-state index contributed by atoms with van der Waals surface area (Å²) in [6.07, 6.45) is 2.48. The Hall–Kier alpha value is -1.30. The molecular weight excluding hydrogens is 248 g/mol. The van der Waals surface area contributed by atoms with Crippen LogP contribution in [-0.2, 0) is 9.47 Å². The molecule has 0 unspecified atom stereocenters. The zero-order chi connectivity index (χ0) is 13.1. The number of hydrogen-bond acceptors (Lipinski definition) is 5. The van der Waals surface area contributed by atoms with E-state index in [1.165, 1.54) is 0 Å². The van der Waals surface area contributed by atoms with Crippen molar-refractivity contribution in [1.82, 2.24) is 0 Å². The van der Waals surface area contributed by atoms with Crippen molar-refractivity contribution in [2.75, 3.05) is 20.0 Å². The van der Waals surface area contributed by atoms with Crippen molar-refractivity contribution >= 4 is 0 Å². The van der Waals surface area contributed by atoms with Crippen LogP contribution in [0.15, 0.2) is 18.2 Å². The van der Waals surface area contributed by atoms with Gasteiger partial charge in [0.15, 0.2) is 17.8 Å². The van der Waals surface area contributed by atoms with Crippen LogP contribution in [0.5, 0.6) is 11.5 Å². The normalized spacial score (nSPS) is 24.9. The molecule has 3 rings (SSSR count). The second-order valence-electron chi connectivity index (χ2n) is 4.76. The summed E-state index contributed by atoms with van der Waals surface area (Å²) in [6.45, 7) is 1.11.